The van der Waals surface area contributed by atoms with Gasteiger partial charge in [-0.05, 0) is 44.9 Å². The first-order valence-electron chi connectivity index (χ1n) is 6.90. The summed E-state index contributed by atoms with van der Waals surface area (Å²) in [6.07, 6.45) is 2.64. The van der Waals surface area contributed by atoms with Crippen molar-refractivity contribution in [3.63, 3.8) is 0 Å². The van der Waals surface area contributed by atoms with Crippen molar-refractivity contribution in [3.05, 3.63) is 30.1 Å². The standard InChI is InChI=1S/C14H23FN2O2S/c1-12(2)20(18,19)17-10-5-3-4-9-16-14-8-6-7-13(15)11-14/h6-8,11-12,16-17H,3-5,9-10H2,1-2H3. The van der Waals surface area contributed by atoms with Gasteiger partial charge in [-0.25, -0.2) is 17.5 Å². The van der Waals surface area contributed by atoms with Gasteiger partial charge in [-0.2, -0.15) is 0 Å². The quantitative estimate of drug-likeness (QED) is 0.690. The van der Waals surface area contributed by atoms with E-state index >= 15 is 0 Å². The SMILES string of the molecule is CC(C)S(=O)(=O)NCCCCCNc1cccc(F)c1. The fourth-order valence-corrected chi connectivity index (χ4v) is 2.40. The highest BCUT2D eigenvalue weighted by atomic mass is 32.2. The van der Waals surface area contributed by atoms with Crippen LogP contribution >= 0.6 is 0 Å². The highest BCUT2D eigenvalue weighted by Crippen LogP contribution is 2.09. The number of halogens is 1. The van der Waals surface area contributed by atoms with Crippen LogP contribution in [0.2, 0.25) is 0 Å². The number of unbranched alkanes of at least 4 members (excludes halogenated alkanes) is 2. The molecule has 0 radical (unpaired) electrons. The van der Waals surface area contributed by atoms with E-state index in [1.807, 2.05) is 6.07 Å². The third-order valence-electron chi connectivity index (χ3n) is 2.93. The first-order valence-corrected chi connectivity index (χ1v) is 8.44. The lowest BCUT2D eigenvalue weighted by Crippen LogP contribution is -2.31. The van der Waals surface area contributed by atoms with Crippen molar-refractivity contribution in [2.45, 2.75) is 38.4 Å². The summed E-state index contributed by atoms with van der Waals surface area (Å²) in [5.41, 5.74) is 0.769. The lowest BCUT2D eigenvalue weighted by Gasteiger charge is -2.09. The molecular weight excluding hydrogens is 279 g/mol. The highest BCUT2D eigenvalue weighted by Gasteiger charge is 2.13. The summed E-state index contributed by atoms with van der Waals surface area (Å²) >= 11 is 0. The molecule has 0 amide bonds. The molecule has 1 aromatic carbocycles. The minimum absolute atomic E-state index is 0.252. The van der Waals surface area contributed by atoms with Crippen LogP contribution in [0.15, 0.2) is 24.3 Å². The van der Waals surface area contributed by atoms with Gasteiger partial charge in [0.25, 0.3) is 0 Å². The van der Waals surface area contributed by atoms with Crippen molar-refractivity contribution >= 4 is 15.7 Å². The Morgan fingerprint density at radius 2 is 1.85 bits per heavy atom. The van der Waals surface area contributed by atoms with Crippen molar-refractivity contribution in [1.29, 1.82) is 0 Å². The summed E-state index contributed by atoms with van der Waals surface area (Å²) in [6, 6.07) is 6.35. The molecule has 0 aliphatic carbocycles. The molecule has 0 spiro atoms. The Bertz CT molecular complexity index is 504. The van der Waals surface area contributed by atoms with Crippen LogP contribution in [0.4, 0.5) is 10.1 Å². The Morgan fingerprint density at radius 1 is 1.15 bits per heavy atom. The molecule has 0 saturated carbocycles. The predicted octanol–water partition coefficient (Wildman–Crippen LogP) is 2.74. The molecule has 6 heteroatoms. The molecular formula is C14H23FN2O2S. The molecule has 0 bridgehead atoms. The van der Waals surface area contributed by atoms with E-state index in [0.717, 1.165) is 31.5 Å². The fourth-order valence-electron chi connectivity index (χ4n) is 1.64. The summed E-state index contributed by atoms with van der Waals surface area (Å²) in [7, 11) is -3.15. The number of nitrogens with one attached hydrogen (secondary N) is 2. The molecule has 0 unspecified atom stereocenters. The third-order valence-corrected chi connectivity index (χ3v) is 4.78. The zero-order chi connectivity index (χ0) is 15.0. The summed E-state index contributed by atoms with van der Waals surface area (Å²) in [5, 5.41) is 2.74. The first-order chi connectivity index (χ1) is 9.42. The predicted molar refractivity (Wildman–Crippen MR) is 80.8 cm³/mol. The molecule has 0 heterocycles. The number of hydrogen-bond acceptors (Lipinski definition) is 3. The maximum atomic E-state index is 12.9. The molecule has 1 rings (SSSR count). The topological polar surface area (TPSA) is 58.2 Å². The summed E-state index contributed by atoms with van der Waals surface area (Å²) in [5.74, 6) is -0.252. The Labute approximate surface area is 120 Å². The Morgan fingerprint density at radius 3 is 2.50 bits per heavy atom. The molecule has 4 nitrogen and oxygen atoms in total. The van der Waals surface area contributed by atoms with Gasteiger partial charge in [-0.15, -0.1) is 0 Å². The van der Waals surface area contributed by atoms with Gasteiger partial charge in [0, 0.05) is 18.8 Å². The van der Waals surface area contributed by atoms with Gasteiger partial charge in [0.05, 0.1) is 5.25 Å². The molecule has 0 aliphatic heterocycles. The van der Waals surface area contributed by atoms with Crippen LogP contribution in [-0.4, -0.2) is 26.8 Å². The maximum absolute atomic E-state index is 12.9. The fraction of sp³-hybridized carbons (Fsp3) is 0.571. The molecule has 0 saturated heterocycles. The van der Waals surface area contributed by atoms with E-state index in [2.05, 4.69) is 10.0 Å². The summed E-state index contributed by atoms with van der Waals surface area (Å²) in [4.78, 5) is 0. The van der Waals surface area contributed by atoms with Gasteiger partial charge in [-0.1, -0.05) is 12.5 Å². The van der Waals surface area contributed by atoms with E-state index in [0.29, 0.717) is 6.54 Å². The zero-order valence-corrected chi connectivity index (χ0v) is 12.8. The number of rotatable bonds is 9. The number of hydrogen-bond donors (Lipinski definition) is 2. The van der Waals surface area contributed by atoms with Crippen molar-refractivity contribution in [2.75, 3.05) is 18.4 Å². The number of sulfonamides is 1. The molecule has 2 N–H and O–H groups in total. The van der Waals surface area contributed by atoms with Crippen LogP contribution < -0.4 is 10.0 Å². The van der Waals surface area contributed by atoms with E-state index in [1.54, 1.807) is 19.9 Å². The molecule has 0 aliphatic rings. The van der Waals surface area contributed by atoms with E-state index in [9.17, 15) is 12.8 Å². The van der Waals surface area contributed by atoms with E-state index in [1.165, 1.54) is 12.1 Å². The Hall–Kier alpha value is -1.14. The largest absolute Gasteiger partial charge is 0.385 e. The summed E-state index contributed by atoms with van der Waals surface area (Å²) in [6.45, 7) is 4.54. The van der Waals surface area contributed by atoms with Gasteiger partial charge in [0.2, 0.25) is 10.0 Å². The van der Waals surface area contributed by atoms with Gasteiger partial charge < -0.3 is 5.32 Å². The van der Waals surface area contributed by atoms with E-state index in [-0.39, 0.29) is 5.82 Å². The van der Waals surface area contributed by atoms with Crippen molar-refractivity contribution in [1.82, 2.24) is 4.72 Å². The second-order valence-electron chi connectivity index (χ2n) is 4.99. The minimum Gasteiger partial charge on any atom is -0.385 e. The normalized spacial score (nSPS) is 11.8. The Kier molecular flexibility index (Phi) is 6.95. The maximum Gasteiger partial charge on any atom is 0.213 e. The lowest BCUT2D eigenvalue weighted by molar-refractivity contribution is 0.566. The molecule has 114 valence electrons. The van der Waals surface area contributed by atoms with Gasteiger partial charge in [0.1, 0.15) is 5.82 Å². The zero-order valence-electron chi connectivity index (χ0n) is 12.0. The van der Waals surface area contributed by atoms with Crippen molar-refractivity contribution in [3.8, 4) is 0 Å². The second-order valence-corrected chi connectivity index (χ2v) is 7.31. The van der Waals surface area contributed by atoms with Crippen LogP contribution in [0, 0.1) is 5.82 Å². The molecule has 20 heavy (non-hydrogen) atoms. The van der Waals surface area contributed by atoms with E-state index < -0.39 is 15.3 Å². The molecule has 1 aromatic rings. The second kappa shape index (κ2) is 8.21. The Balaban J connectivity index is 2.09. The highest BCUT2D eigenvalue weighted by molar-refractivity contribution is 7.90. The van der Waals surface area contributed by atoms with Crippen LogP contribution in [0.25, 0.3) is 0 Å². The number of anilines is 1. The third kappa shape index (κ3) is 6.34. The lowest BCUT2D eigenvalue weighted by atomic mass is 10.2. The van der Waals surface area contributed by atoms with Crippen LogP contribution in [0.1, 0.15) is 33.1 Å². The molecule has 0 aromatic heterocycles. The van der Waals surface area contributed by atoms with Gasteiger partial charge in [-0.3, -0.25) is 0 Å². The van der Waals surface area contributed by atoms with Gasteiger partial charge in [0.15, 0.2) is 0 Å². The monoisotopic (exact) mass is 302 g/mol. The molecule has 0 fully saturated rings. The molecule has 0 atom stereocenters. The average molecular weight is 302 g/mol. The first kappa shape index (κ1) is 16.9. The van der Waals surface area contributed by atoms with Crippen LogP contribution in [-0.2, 0) is 10.0 Å². The summed E-state index contributed by atoms with van der Waals surface area (Å²) < 4.78 is 38.4. The minimum atomic E-state index is -3.15. The van der Waals surface area contributed by atoms with Crippen molar-refractivity contribution < 1.29 is 12.8 Å². The van der Waals surface area contributed by atoms with Crippen LogP contribution in [0.3, 0.4) is 0 Å². The average Bonchev–Trinajstić information content (AvgIpc) is 2.37. The van der Waals surface area contributed by atoms with Crippen LogP contribution in [0.5, 0.6) is 0 Å². The van der Waals surface area contributed by atoms with Gasteiger partial charge >= 0.3 is 0 Å². The number of benzene rings is 1. The smallest absolute Gasteiger partial charge is 0.213 e. The van der Waals surface area contributed by atoms with E-state index in [4.69, 9.17) is 0 Å². The van der Waals surface area contributed by atoms with Crippen molar-refractivity contribution in [2.24, 2.45) is 0 Å².